The third kappa shape index (κ3) is 3.61. The number of aromatic nitrogens is 6. The number of hydrogen-bond acceptors (Lipinski definition) is 6. The van der Waals surface area contributed by atoms with Gasteiger partial charge in [-0.25, -0.2) is 19.7 Å². The molecule has 1 unspecified atom stereocenters. The molecule has 1 saturated heterocycles. The number of nitrogens with one attached hydrogen (secondary N) is 2. The Morgan fingerprint density at radius 3 is 2.66 bits per heavy atom. The number of hydrogen-bond donors (Lipinski definition) is 2. The van der Waals surface area contributed by atoms with Crippen molar-refractivity contribution in [3.8, 4) is 0 Å². The van der Waals surface area contributed by atoms with Gasteiger partial charge in [0.25, 0.3) is 0 Å². The maximum Gasteiger partial charge on any atom is 0.318 e. The summed E-state index contributed by atoms with van der Waals surface area (Å²) in [5, 5.41) is 8.41. The lowest BCUT2D eigenvalue weighted by Crippen LogP contribution is -2.53. The zero-order valence-corrected chi connectivity index (χ0v) is 18.5. The van der Waals surface area contributed by atoms with E-state index in [0.717, 1.165) is 33.7 Å². The highest BCUT2D eigenvalue weighted by atomic mass is 16.2. The summed E-state index contributed by atoms with van der Waals surface area (Å²) < 4.78 is 1.74. The summed E-state index contributed by atoms with van der Waals surface area (Å²) in [6, 6.07) is 7.65. The van der Waals surface area contributed by atoms with Crippen LogP contribution >= 0.6 is 0 Å². The van der Waals surface area contributed by atoms with E-state index in [1.165, 1.54) is 0 Å². The van der Waals surface area contributed by atoms with E-state index < -0.39 is 0 Å². The van der Waals surface area contributed by atoms with E-state index in [1.807, 2.05) is 36.2 Å². The maximum absolute atomic E-state index is 13.1. The van der Waals surface area contributed by atoms with Crippen molar-refractivity contribution >= 4 is 33.9 Å². The standard InChI is InChI=1S/C22H27N9O/c1-14(2)18(19-26-16-6-4-5-7-17(16)27-19)28-22(32)31-10-8-30(9-11-31)21-15-12-25-29(3)20(15)23-13-24-21/h4-7,12-14,18H,8-11H2,1-3H3,(H,26,27)(H,28,32). The SMILES string of the molecule is CC(C)C(NC(=O)N1CCN(c2ncnc3c2cnn3C)CC1)c1nc2ccccc2[nH]1. The van der Waals surface area contributed by atoms with Crippen molar-refractivity contribution in [3.05, 3.63) is 42.6 Å². The number of benzene rings is 1. The number of imidazole rings is 1. The van der Waals surface area contributed by atoms with Crippen molar-refractivity contribution in [2.75, 3.05) is 31.1 Å². The van der Waals surface area contributed by atoms with Crippen LogP contribution in [0.1, 0.15) is 25.7 Å². The number of carbonyl (C=O) groups excluding carboxylic acids is 1. The number of piperazine rings is 1. The molecule has 0 radical (unpaired) electrons. The molecule has 3 aromatic heterocycles. The summed E-state index contributed by atoms with van der Waals surface area (Å²) >= 11 is 0. The number of aryl methyl sites for hydroxylation is 1. The fourth-order valence-corrected chi connectivity index (χ4v) is 4.22. The topological polar surface area (TPSA) is 108 Å². The Kier molecular flexibility index (Phi) is 5.12. The summed E-state index contributed by atoms with van der Waals surface area (Å²) in [5.74, 6) is 1.85. The van der Waals surface area contributed by atoms with Crippen LogP contribution in [0.25, 0.3) is 22.1 Å². The van der Waals surface area contributed by atoms with Crippen LogP contribution in [0.5, 0.6) is 0 Å². The molecule has 10 heteroatoms. The van der Waals surface area contributed by atoms with Crippen LogP contribution in [-0.2, 0) is 7.05 Å². The van der Waals surface area contributed by atoms with Crippen LogP contribution < -0.4 is 10.2 Å². The zero-order chi connectivity index (χ0) is 22.2. The number of fused-ring (bicyclic) bond motifs is 2. The second-order valence-corrected chi connectivity index (χ2v) is 8.49. The lowest BCUT2D eigenvalue weighted by Gasteiger charge is -2.36. The van der Waals surface area contributed by atoms with Gasteiger partial charge in [-0.05, 0) is 18.1 Å². The highest BCUT2D eigenvalue weighted by Gasteiger charge is 2.28. The number of anilines is 1. The van der Waals surface area contributed by atoms with Gasteiger partial charge in [-0.15, -0.1) is 0 Å². The van der Waals surface area contributed by atoms with E-state index in [1.54, 1.807) is 17.2 Å². The van der Waals surface area contributed by atoms with Crippen LogP contribution in [-0.4, -0.2) is 66.8 Å². The van der Waals surface area contributed by atoms with Crippen molar-refractivity contribution < 1.29 is 4.79 Å². The first-order chi connectivity index (χ1) is 15.5. The van der Waals surface area contributed by atoms with Gasteiger partial charge in [0, 0.05) is 33.2 Å². The quantitative estimate of drug-likeness (QED) is 0.512. The van der Waals surface area contributed by atoms with E-state index in [4.69, 9.17) is 4.98 Å². The first-order valence-corrected chi connectivity index (χ1v) is 10.9. The van der Waals surface area contributed by atoms with Crippen molar-refractivity contribution in [3.63, 3.8) is 0 Å². The Balaban J connectivity index is 1.27. The molecule has 1 aliphatic rings. The highest BCUT2D eigenvalue weighted by Crippen LogP contribution is 2.25. The fourth-order valence-electron chi connectivity index (χ4n) is 4.22. The Hall–Kier alpha value is -3.69. The Morgan fingerprint density at radius 2 is 1.91 bits per heavy atom. The number of nitrogens with zero attached hydrogens (tertiary/aromatic N) is 7. The molecular weight excluding hydrogens is 406 g/mol. The molecule has 166 valence electrons. The smallest absolute Gasteiger partial charge is 0.318 e. The van der Waals surface area contributed by atoms with Gasteiger partial charge in [-0.3, -0.25) is 4.68 Å². The van der Waals surface area contributed by atoms with Gasteiger partial charge >= 0.3 is 6.03 Å². The number of rotatable bonds is 4. The second-order valence-electron chi connectivity index (χ2n) is 8.49. The Morgan fingerprint density at radius 1 is 1.12 bits per heavy atom. The molecule has 2 N–H and O–H groups in total. The molecular formula is C22H27N9O. The maximum atomic E-state index is 13.1. The summed E-state index contributed by atoms with van der Waals surface area (Å²) in [6.07, 6.45) is 3.36. The minimum absolute atomic E-state index is 0.0713. The van der Waals surface area contributed by atoms with Gasteiger partial charge in [-0.1, -0.05) is 26.0 Å². The van der Waals surface area contributed by atoms with E-state index in [2.05, 4.69) is 44.1 Å². The molecule has 2 amide bonds. The van der Waals surface area contributed by atoms with E-state index in [0.29, 0.717) is 26.2 Å². The fraction of sp³-hybridized carbons (Fsp3) is 0.409. The molecule has 4 heterocycles. The first kappa shape index (κ1) is 20.2. The molecule has 1 atom stereocenters. The Labute approximate surface area is 185 Å². The molecule has 1 fully saturated rings. The van der Waals surface area contributed by atoms with Crippen molar-refractivity contribution in [2.24, 2.45) is 13.0 Å². The van der Waals surface area contributed by atoms with Crippen LogP contribution in [0.15, 0.2) is 36.8 Å². The first-order valence-electron chi connectivity index (χ1n) is 10.9. The molecule has 0 aliphatic carbocycles. The third-order valence-electron chi connectivity index (χ3n) is 6.02. The summed E-state index contributed by atoms with van der Waals surface area (Å²) in [6.45, 7) is 6.80. The molecule has 4 aromatic rings. The molecule has 10 nitrogen and oxygen atoms in total. The van der Waals surface area contributed by atoms with Gasteiger partial charge in [0.2, 0.25) is 0 Å². The van der Waals surface area contributed by atoms with Gasteiger partial charge in [0.05, 0.1) is 28.7 Å². The summed E-state index contributed by atoms with van der Waals surface area (Å²) in [7, 11) is 1.87. The third-order valence-corrected chi connectivity index (χ3v) is 6.02. The van der Waals surface area contributed by atoms with Gasteiger partial charge in [0.1, 0.15) is 18.0 Å². The molecule has 1 aromatic carbocycles. The van der Waals surface area contributed by atoms with Crippen LogP contribution in [0.3, 0.4) is 0 Å². The zero-order valence-electron chi connectivity index (χ0n) is 18.5. The van der Waals surface area contributed by atoms with E-state index >= 15 is 0 Å². The molecule has 5 rings (SSSR count). The van der Waals surface area contributed by atoms with Crippen LogP contribution in [0.4, 0.5) is 10.6 Å². The molecule has 0 saturated carbocycles. The second kappa shape index (κ2) is 8.10. The molecule has 32 heavy (non-hydrogen) atoms. The number of carbonyl (C=O) groups is 1. The molecule has 0 spiro atoms. The lowest BCUT2D eigenvalue weighted by atomic mass is 10.0. The van der Waals surface area contributed by atoms with Gasteiger partial charge in [0.15, 0.2) is 5.65 Å². The lowest BCUT2D eigenvalue weighted by molar-refractivity contribution is 0.186. The summed E-state index contributed by atoms with van der Waals surface area (Å²) in [4.78, 5) is 34.0. The predicted molar refractivity (Wildman–Crippen MR) is 122 cm³/mol. The largest absolute Gasteiger partial charge is 0.352 e. The van der Waals surface area contributed by atoms with Crippen molar-refractivity contribution in [1.29, 1.82) is 0 Å². The number of aromatic amines is 1. The van der Waals surface area contributed by atoms with Crippen LogP contribution in [0, 0.1) is 5.92 Å². The van der Waals surface area contributed by atoms with Crippen molar-refractivity contribution in [2.45, 2.75) is 19.9 Å². The van der Waals surface area contributed by atoms with Gasteiger partial charge in [-0.2, -0.15) is 5.10 Å². The van der Waals surface area contributed by atoms with E-state index in [-0.39, 0.29) is 18.0 Å². The minimum Gasteiger partial charge on any atom is -0.352 e. The minimum atomic E-state index is -0.190. The number of amides is 2. The predicted octanol–water partition coefficient (Wildman–Crippen LogP) is 2.47. The summed E-state index contributed by atoms with van der Waals surface area (Å²) in [5.41, 5.74) is 2.69. The highest BCUT2D eigenvalue weighted by molar-refractivity contribution is 5.86. The van der Waals surface area contributed by atoms with E-state index in [9.17, 15) is 4.79 Å². The number of urea groups is 1. The normalized spacial score (nSPS) is 15.6. The molecule has 1 aliphatic heterocycles. The molecule has 0 bridgehead atoms. The van der Waals surface area contributed by atoms with Gasteiger partial charge < -0.3 is 20.1 Å². The Bertz CT molecular complexity index is 1220. The average molecular weight is 434 g/mol. The number of para-hydroxylation sites is 2. The van der Waals surface area contributed by atoms with Crippen LogP contribution in [0.2, 0.25) is 0 Å². The number of H-pyrrole nitrogens is 1. The average Bonchev–Trinajstić information content (AvgIpc) is 3.40. The van der Waals surface area contributed by atoms with Crippen molar-refractivity contribution in [1.82, 2.24) is 39.9 Å². The monoisotopic (exact) mass is 433 g/mol.